The fraction of sp³-hybridized carbons (Fsp3) is 0.967. The molecule has 2 unspecified atom stereocenters. The van der Waals surface area contributed by atoms with Crippen molar-refractivity contribution in [2.45, 2.75) is 137 Å². The lowest BCUT2D eigenvalue weighted by Crippen LogP contribution is -2.64. The van der Waals surface area contributed by atoms with Gasteiger partial charge in [-0.05, 0) is 118 Å². The molecule has 1 N–H and O–H groups in total. The number of hydrogen-bond donors (Lipinski definition) is 1. The Balaban J connectivity index is 1.47. The zero-order valence-corrected chi connectivity index (χ0v) is 22.7. The molecule has 0 aromatic heterocycles. The van der Waals surface area contributed by atoms with Gasteiger partial charge in [-0.25, -0.2) is 0 Å². The molecule has 0 bridgehead atoms. The largest absolute Gasteiger partial charge is 0.390 e. The van der Waals surface area contributed by atoms with E-state index in [1.165, 1.54) is 38.5 Å². The lowest BCUT2D eigenvalue weighted by atomic mass is 9.35. The van der Waals surface area contributed by atoms with Gasteiger partial charge >= 0.3 is 0 Å². The van der Waals surface area contributed by atoms with Crippen molar-refractivity contribution in [1.29, 1.82) is 0 Å². The third-order valence-corrected chi connectivity index (χ3v) is 13.1. The van der Waals surface area contributed by atoms with Crippen molar-refractivity contribution >= 4 is 5.78 Å². The van der Waals surface area contributed by atoms with Gasteiger partial charge in [0.25, 0.3) is 0 Å². The molecule has 0 aromatic carbocycles. The minimum atomic E-state index is -0.459. The van der Waals surface area contributed by atoms with Gasteiger partial charge in [0.15, 0.2) is 0 Å². The van der Waals surface area contributed by atoms with Crippen LogP contribution in [0.4, 0.5) is 0 Å². The first-order valence-corrected chi connectivity index (χ1v) is 14.0. The van der Waals surface area contributed by atoms with Gasteiger partial charge in [-0.15, -0.1) is 0 Å². The SMILES string of the molecule is CC1(C)O[C@](C)([C@H]2CC[C@@]3(C)[C@@H]2CC[C@@H]2[C@@]4(C)CCC(=O)C(C)(C)C4CC[C@]23C)CCC1O. The molecule has 5 aliphatic rings. The van der Waals surface area contributed by atoms with Crippen LogP contribution in [0.25, 0.3) is 0 Å². The molecule has 33 heavy (non-hydrogen) atoms. The molecule has 0 radical (unpaired) electrons. The summed E-state index contributed by atoms with van der Waals surface area (Å²) in [5.41, 5.74) is 0.209. The first kappa shape index (κ1) is 24.3. The van der Waals surface area contributed by atoms with Crippen LogP contribution in [0.5, 0.6) is 0 Å². The van der Waals surface area contributed by atoms with Crippen molar-refractivity contribution in [2.75, 3.05) is 0 Å². The number of aliphatic hydroxyl groups excluding tert-OH is 1. The zero-order chi connectivity index (χ0) is 24.2. The van der Waals surface area contributed by atoms with Gasteiger partial charge in [-0.1, -0.05) is 34.6 Å². The Morgan fingerprint density at radius 1 is 0.727 bits per heavy atom. The summed E-state index contributed by atoms with van der Waals surface area (Å²) in [5.74, 6) is 3.04. The lowest BCUT2D eigenvalue weighted by Gasteiger charge is -2.69. The minimum Gasteiger partial charge on any atom is -0.390 e. The topological polar surface area (TPSA) is 46.5 Å². The van der Waals surface area contributed by atoms with Crippen LogP contribution in [0, 0.1) is 45.3 Å². The second kappa shape index (κ2) is 7.09. The van der Waals surface area contributed by atoms with E-state index in [-0.39, 0.29) is 22.5 Å². The quantitative estimate of drug-likeness (QED) is 0.462. The molecule has 0 aromatic rings. The molecule has 5 rings (SSSR count). The number of aliphatic hydroxyl groups is 1. The second-order valence-corrected chi connectivity index (χ2v) is 15.0. The van der Waals surface area contributed by atoms with Crippen LogP contribution in [-0.2, 0) is 9.53 Å². The van der Waals surface area contributed by atoms with Crippen LogP contribution < -0.4 is 0 Å². The Morgan fingerprint density at radius 2 is 1.39 bits per heavy atom. The fourth-order valence-corrected chi connectivity index (χ4v) is 11.0. The summed E-state index contributed by atoms with van der Waals surface area (Å²) in [4.78, 5) is 12.9. The standard InChI is InChI=1S/C30H50O3/c1-25(2)21-12-17-29(7)22(27(21,5)15-13-23(25)31)10-9-19-20(11-16-28(19,29)6)30(8)18-14-24(32)26(3,4)33-30/h19-22,24,32H,9-18H2,1-8H3/t19-,20+,21?,22-,24?,27+,28+,29-,30+/m1/s1. The highest BCUT2D eigenvalue weighted by Gasteiger charge is 2.70. The minimum absolute atomic E-state index is 0.130. The molecule has 4 aliphatic carbocycles. The third-order valence-electron chi connectivity index (χ3n) is 13.1. The van der Waals surface area contributed by atoms with Gasteiger partial charge in [-0.2, -0.15) is 0 Å². The monoisotopic (exact) mass is 458 g/mol. The number of ketones is 1. The summed E-state index contributed by atoms with van der Waals surface area (Å²) >= 11 is 0. The Kier molecular flexibility index (Phi) is 5.22. The lowest BCUT2D eigenvalue weighted by molar-refractivity contribution is -0.249. The number of fused-ring (bicyclic) bond motifs is 5. The molecule has 188 valence electrons. The summed E-state index contributed by atoms with van der Waals surface area (Å²) in [7, 11) is 0. The molecular weight excluding hydrogens is 408 g/mol. The Hall–Kier alpha value is -0.410. The Bertz CT molecular complexity index is 830. The molecule has 1 heterocycles. The van der Waals surface area contributed by atoms with Gasteiger partial charge in [0.1, 0.15) is 5.78 Å². The summed E-state index contributed by atoms with van der Waals surface area (Å²) in [5, 5.41) is 10.5. The van der Waals surface area contributed by atoms with Crippen molar-refractivity contribution in [2.24, 2.45) is 45.3 Å². The van der Waals surface area contributed by atoms with Crippen LogP contribution in [0.3, 0.4) is 0 Å². The van der Waals surface area contributed by atoms with Crippen molar-refractivity contribution in [3.05, 3.63) is 0 Å². The summed E-state index contributed by atoms with van der Waals surface area (Å²) in [6.07, 6.45) is 11.0. The van der Waals surface area contributed by atoms with Gasteiger partial charge in [0.05, 0.1) is 17.3 Å². The average molecular weight is 459 g/mol. The van der Waals surface area contributed by atoms with Crippen molar-refractivity contribution in [3.63, 3.8) is 0 Å². The number of ether oxygens (including phenoxy) is 1. The number of carbonyl (C=O) groups is 1. The number of carbonyl (C=O) groups excluding carboxylic acids is 1. The van der Waals surface area contributed by atoms with Crippen LogP contribution in [0.1, 0.15) is 120 Å². The van der Waals surface area contributed by atoms with E-state index in [1.807, 2.05) is 0 Å². The van der Waals surface area contributed by atoms with E-state index in [9.17, 15) is 9.90 Å². The summed E-state index contributed by atoms with van der Waals surface area (Å²) in [6, 6.07) is 0. The van der Waals surface area contributed by atoms with Gasteiger partial charge < -0.3 is 9.84 Å². The molecule has 0 amide bonds. The van der Waals surface area contributed by atoms with Crippen LogP contribution in [-0.4, -0.2) is 28.2 Å². The van der Waals surface area contributed by atoms with Crippen molar-refractivity contribution < 1.29 is 14.6 Å². The normalized spacial score (nSPS) is 55.4. The van der Waals surface area contributed by atoms with Crippen molar-refractivity contribution in [3.8, 4) is 0 Å². The molecule has 9 atom stereocenters. The van der Waals surface area contributed by atoms with Crippen LogP contribution in [0.2, 0.25) is 0 Å². The number of hydrogen-bond acceptors (Lipinski definition) is 3. The highest BCUT2D eigenvalue weighted by atomic mass is 16.5. The molecular formula is C30H50O3. The Labute approximate surface area is 202 Å². The summed E-state index contributed by atoms with van der Waals surface area (Å²) in [6.45, 7) is 18.9. The van der Waals surface area contributed by atoms with E-state index in [2.05, 4.69) is 55.4 Å². The van der Waals surface area contributed by atoms with Crippen LogP contribution in [0.15, 0.2) is 0 Å². The van der Waals surface area contributed by atoms with E-state index in [0.717, 1.165) is 31.6 Å². The predicted octanol–water partition coefficient (Wildman–Crippen LogP) is 6.95. The second-order valence-electron chi connectivity index (χ2n) is 15.0. The summed E-state index contributed by atoms with van der Waals surface area (Å²) < 4.78 is 6.78. The highest BCUT2D eigenvalue weighted by molar-refractivity contribution is 5.85. The Morgan fingerprint density at radius 3 is 2.06 bits per heavy atom. The smallest absolute Gasteiger partial charge is 0.138 e. The van der Waals surface area contributed by atoms with Gasteiger partial charge in [-0.3, -0.25) is 4.79 Å². The number of Topliss-reactive ketones (excluding diaryl/α,β-unsaturated/α-hetero) is 1. The predicted molar refractivity (Wildman–Crippen MR) is 133 cm³/mol. The highest BCUT2D eigenvalue weighted by Crippen LogP contribution is 2.75. The molecule has 3 heteroatoms. The third kappa shape index (κ3) is 3.03. The molecule has 5 fully saturated rings. The van der Waals surface area contributed by atoms with Crippen molar-refractivity contribution in [1.82, 2.24) is 0 Å². The molecule has 3 nitrogen and oxygen atoms in total. The zero-order valence-electron chi connectivity index (χ0n) is 22.7. The van der Waals surface area contributed by atoms with Gasteiger partial charge in [0, 0.05) is 11.8 Å². The maximum absolute atomic E-state index is 12.9. The average Bonchev–Trinajstić information content (AvgIpc) is 3.07. The fourth-order valence-electron chi connectivity index (χ4n) is 11.0. The maximum atomic E-state index is 12.9. The molecule has 4 saturated carbocycles. The first-order valence-electron chi connectivity index (χ1n) is 14.0. The van der Waals surface area contributed by atoms with Gasteiger partial charge in [0.2, 0.25) is 0 Å². The van der Waals surface area contributed by atoms with Crippen LogP contribution >= 0.6 is 0 Å². The molecule has 1 aliphatic heterocycles. The van der Waals surface area contributed by atoms with E-state index in [4.69, 9.17) is 4.74 Å². The molecule has 0 spiro atoms. The first-order chi connectivity index (χ1) is 15.1. The molecule has 1 saturated heterocycles. The number of rotatable bonds is 1. The van der Waals surface area contributed by atoms with E-state index in [1.54, 1.807) is 0 Å². The maximum Gasteiger partial charge on any atom is 0.138 e. The van der Waals surface area contributed by atoms with E-state index in [0.29, 0.717) is 34.4 Å². The van der Waals surface area contributed by atoms with E-state index >= 15 is 0 Å². The van der Waals surface area contributed by atoms with E-state index < -0.39 is 5.60 Å².